The number of allylic oxidation sites excluding steroid dienone is 10. The van der Waals surface area contributed by atoms with Crippen molar-refractivity contribution < 1.29 is 14.6 Å². The van der Waals surface area contributed by atoms with Gasteiger partial charge in [0.1, 0.15) is 0 Å². The minimum Gasteiger partial charge on any atom is -0.479 e. The molecule has 0 bridgehead atoms. The smallest absolute Gasteiger partial charge is 0.332 e. The molecular formula is C24H38O3. The SMILES string of the molecule is CCC=CCC=CCC=CCC=CCC=CCCCCC(OCC)C(=O)O. The Kier molecular flexibility index (Phi) is 19.0. The standard InChI is InChI=1S/C24H38O3/c1-3-5-6-7-8-9-10-11-12-13-14-15-16-17-18-19-20-21-22-23(24(25)26)27-4-2/h5-6,8-9,11-12,14-15,17-18,23H,3-4,7,10,13,16,19-22H2,1-2H3,(H,25,26). The maximum Gasteiger partial charge on any atom is 0.332 e. The second-order valence-corrected chi connectivity index (χ2v) is 6.27. The topological polar surface area (TPSA) is 46.5 Å². The molecule has 27 heavy (non-hydrogen) atoms. The highest BCUT2D eigenvalue weighted by molar-refractivity contribution is 5.72. The molecule has 0 spiro atoms. The molecule has 0 aliphatic carbocycles. The predicted molar refractivity (Wildman–Crippen MR) is 116 cm³/mol. The summed E-state index contributed by atoms with van der Waals surface area (Å²) in [6.07, 6.45) is 29.8. The highest BCUT2D eigenvalue weighted by Gasteiger charge is 2.15. The Hall–Kier alpha value is -1.87. The molecule has 0 aliphatic heterocycles. The number of hydrogen-bond donors (Lipinski definition) is 1. The molecule has 0 aromatic rings. The Balaban J connectivity index is 3.58. The lowest BCUT2D eigenvalue weighted by molar-refractivity contribution is -0.150. The van der Waals surface area contributed by atoms with Gasteiger partial charge in [0.2, 0.25) is 0 Å². The van der Waals surface area contributed by atoms with Crippen LogP contribution in [0.25, 0.3) is 0 Å². The van der Waals surface area contributed by atoms with Crippen molar-refractivity contribution in [3.63, 3.8) is 0 Å². The van der Waals surface area contributed by atoms with Gasteiger partial charge < -0.3 is 9.84 Å². The highest BCUT2D eigenvalue weighted by Crippen LogP contribution is 2.08. The van der Waals surface area contributed by atoms with Crippen LogP contribution in [-0.4, -0.2) is 23.8 Å². The summed E-state index contributed by atoms with van der Waals surface area (Å²) in [6.45, 7) is 4.42. The Morgan fingerprint density at radius 3 is 1.70 bits per heavy atom. The summed E-state index contributed by atoms with van der Waals surface area (Å²) in [5, 5.41) is 8.99. The summed E-state index contributed by atoms with van der Waals surface area (Å²) < 4.78 is 5.20. The monoisotopic (exact) mass is 374 g/mol. The summed E-state index contributed by atoms with van der Waals surface area (Å²) in [5.74, 6) is -0.855. The molecule has 0 saturated carbocycles. The van der Waals surface area contributed by atoms with E-state index < -0.39 is 12.1 Å². The fourth-order valence-electron chi connectivity index (χ4n) is 2.44. The van der Waals surface area contributed by atoms with Gasteiger partial charge in [-0.05, 0) is 64.7 Å². The highest BCUT2D eigenvalue weighted by atomic mass is 16.5. The number of aliphatic carboxylic acids is 1. The van der Waals surface area contributed by atoms with Gasteiger partial charge in [0.25, 0.3) is 0 Å². The third kappa shape index (κ3) is 18.7. The molecule has 0 saturated heterocycles. The van der Waals surface area contributed by atoms with Crippen LogP contribution in [0.5, 0.6) is 0 Å². The van der Waals surface area contributed by atoms with Crippen LogP contribution >= 0.6 is 0 Å². The van der Waals surface area contributed by atoms with Crippen molar-refractivity contribution in [1.29, 1.82) is 0 Å². The fourth-order valence-corrected chi connectivity index (χ4v) is 2.44. The Bertz CT molecular complexity index is 484. The zero-order valence-electron chi connectivity index (χ0n) is 17.2. The van der Waals surface area contributed by atoms with Gasteiger partial charge in [-0.3, -0.25) is 0 Å². The molecule has 1 N–H and O–H groups in total. The lowest BCUT2D eigenvalue weighted by Crippen LogP contribution is -2.23. The van der Waals surface area contributed by atoms with Crippen LogP contribution in [0.2, 0.25) is 0 Å². The molecule has 0 aromatic carbocycles. The first-order valence-corrected chi connectivity index (χ1v) is 10.3. The lowest BCUT2D eigenvalue weighted by atomic mass is 10.1. The van der Waals surface area contributed by atoms with Crippen LogP contribution in [0.1, 0.15) is 71.6 Å². The first-order valence-electron chi connectivity index (χ1n) is 10.3. The van der Waals surface area contributed by atoms with E-state index in [4.69, 9.17) is 9.84 Å². The Morgan fingerprint density at radius 1 is 0.778 bits per heavy atom. The first-order chi connectivity index (χ1) is 13.2. The molecule has 0 amide bonds. The quantitative estimate of drug-likeness (QED) is 0.225. The van der Waals surface area contributed by atoms with Gasteiger partial charge in [0.05, 0.1) is 0 Å². The van der Waals surface area contributed by atoms with E-state index in [0.717, 1.165) is 51.4 Å². The Labute approximate surface area is 166 Å². The molecule has 152 valence electrons. The minimum absolute atomic E-state index is 0.450. The number of rotatable bonds is 17. The van der Waals surface area contributed by atoms with E-state index in [1.807, 2.05) is 6.92 Å². The van der Waals surface area contributed by atoms with Gasteiger partial charge in [0, 0.05) is 6.61 Å². The van der Waals surface area contributed by atoms with E-state index in [1.165, 1.54) is 0 Å². The molecule has 0 heterocycles. The van der Waals surface area contributed by atoms with E-state index >= 15 is 0 Å². The van der Waals surface area contributed by atoms with Gasteiger partial charge in [0.15, 0.2) is 6.10 Å². The third-order valence-corrected chi connectivity index (χ3v) is 3.89. The molecule has 1 atom stereocenters. The number of hydrogen-bond acceptors (Lipinski definition) is 2. The molecule has 0 fully saturated rings. The fraction of sp³-hybridized carbons (Fsp3) is 0.542. The third-order valence-electron chi connectivity index (χ3n) is 3.89. The Morgan fingerprint density at radius 2 is 1.26 bits per heavy atom. The number of carboxylic acids is 1. The average molecular weight is 375 g/mol. The van der Waals surface area contributed by atoms with Crippen molar-refractivity contribution in [2.24, 2.45) is 0 Å². The molecule has 0 aliphatic rings. The van der Waals surface area contributed by atoms with Crippen LogP contribution in [0, 0.1) is 0 Å². The number of carbonyl (C=O) groups is 1. The van der Waals surface area contributed by atoms with Crippen LogP contribution in [0.4, 0.5) is 0 Å². The van der Waals surface area contributed by atoms with Crippen LogP contribution in [-0.2, 0) is 9.53 Å². The molecule has 0 aromatic heterocycles. The van der Waals surface area contributed by atoms with E-state index in [-0.39, 0.29) is 0 Å². The van der Waals surface area contributed by atoms with Crippen molar-refractivity contribution >= 4 is 5.97 Å². The van der Waals surface area contributed by atoms with E-state index in [1.54, 1.807) is 0 Å². The van der Waals surface area contributed by atoms with Crippen LogP contribution in [0.3, 0.4) is 0 Å². The normalized spacial score (nSPS) is 13.9. The van der Waals surface area contributed by atoms with Crippen molar-refractivity contribution in [3.8, 4) is 0 Å². The summed E-state index contributed by atoms with van der Waals surface area (Å²) in [5.41, 5.74) is 0. The zero-order valence-corrected chi connectivity index (χ0v) is 17.2. The largest absolute Gasteiger partial charge is 0.479 e. The summed E-state index contributed by atoms with van der Waals surface area (Å²) >= 11 is 0. The predicted octanol–water partition coefficient (Wildman–Crippen LogP) is 6.79. The molecule has 3 heteroatoms. The van der Waals surface area contributed by atoms with Gasteiger partial charge >= 0.3 is 5.97 Å². The van der Waals surface area contributed by atoms with Gasteiger partial charge in [-0.2, -0.15) is 0 Å². The van der Waals surface area contributed by atoms with Crippen molar-refractivity contribution in [1.82, 2.24) is 0 Å². The summed E-state index contributed by atoms with van der Waals surface area (Å²) in [4.78, 5) is 10.9. The second kappa shape index (κ2) is 20.4. The van der Waals surface area contributed by atoms with Crippen molar-refractivity contribution in [2.75, 3.05) is 6.61 Å². The van der Waals surface area contributed by atoms with E-state index in [2.05, 4.69) is 67.7 Å². The average Bonchev–Trinajstić information content (AvgIpc) is 2.66. The van der Waals surface area contributed by atoms with Gasteiger partial charge in [-0.1, -0.05) is 67.7 Å². The van der Waals surface area contributed by atoms with E-state index in [9.17, 15) is 4.79 Å². The molecule has 1 unspecified atom stereocenters. The number of carboxylic acid groups (broad SMARTS) is 1. The van der Waals surface area contributed by atoms with Crippen LogP contribution < -0.4 is 0 Å². The number of unbranched alkanes of at least 4 members (excludes halogenated alkanes) is 2. The summed E-state index contributed by atoms with van der Waals surface area (Å²) in [6, 6.07) is 0. The molecule has 3 nitrogen and oxygen atoms in total. The maximum atomic E-state index is 10.9. The molecular weight excluding hydrogens is 336 g/mol. The molecule has 0 rings (SSSR count). The first kappa shape index (κ1) is 25.1. The van der Waals surface area contributed by atoms with Crippen LogP contribution in [0.15, 0.2) is 60.8 Å². The zero-order chi connectivity index (χ0) is 20.0. The van der Waals surface area contributed by atoms with Gasteiger partial charge in [-0.15, -0.1) is 0 Å². The summed E-state index contributed by atoms with van der Waals surface area (Å²) in [7, 11) is 0. The van der Waals surface area contributed by atoms with Gasteiger partial charge in [-0.25, -0.2) is 4.79 Å². The van der Waals surface area contributed by atoms with Crippen molar-refractivity contribution in [3.05, 3.63) is 60.8 Å². The molecule has 0 radical (unpaired) electrons. The van der Waals surface area contributed by atoms with E-state index in [0.29, 0.717) is 13.0 Å². The van der Waals surface area contributed by atoms with Crippen molar-refractivity contribution in [2.45, 2.75) is 77.7 Å². The number of ether oxygens (including phenoxy) is 1. The lowest BCUT2D eigenvalue weighted by Gasteiger charge is -2.11. The maximum absolute atomic E-state index is 10.9. The minimum atomic E-state index is -0.855. The second-order valence-electron chi connectivity index (χ2n) is 6.27.